The number of carbonyl (C=O) groups excluding carboxylic acids is 1. The monoisotopic (exact) mass is 270 g/mol. The second-order valence-electron chi connectivity index (χ2n) is 7.11. The predicted molar refractivity (Wildman–Crippen MR) is 72.7 cm³/mol. The molecule has 1 rings (SSSR count). The first-order chi connectivity index (χ1) is 8.55. The van der Waals surface area contributed by atoms with Gasteiger partial charge in [-0.25, -0.2) is 9.59 Å². The second-order valence-corrected chi connectivity index (χ2v) is 7.11. The summed E-state index contributed by atoms with van der Waals surface area (Å²) in [7, 11) is 0. The Morgan fingerprint density at radius 2 is 1.95 bits per heavy atom. The first-order valence-corrected chi connectivity index (χ1v) is 7.01. The van der Waals surface area contributed by atoms with Crippen molar-refractivity contribution < 1.29 is 19.4 Å². The number of carboxylic acids is 1. The van der Waals surface area contributed by atoms with Gasteiger partial charge < -0.3 is 9.84 Å². The van der Waals surface area contributed by atoms with E-state index < -0.39 is 17.5 Å². The van der Waals surface area contributed by atoms with E-state index in [9.17, 15) is 9.59 Å². The van der Waals surface area contributed by atoms with Crippen molar-refractivity contribution in [3.63, 3.8) is 0 Å². The number of esters is 1. The quantitative estimate of drug-likeness (QED) is 0.631. The largest absolute Gasteiger partial charge is 0.473 e. The maximum atomic E-state index is 11.3. The molecule has 2 unspecified atom stereocenters. The Morgan fingerprint density at radius 1 is 1.37 bits per heavy atom. The molecule has 0 saturated heterocycles. The van der Waals surface area contributed by atoms with Crippen LogP contribution in [0.2, 0.25) is 0 Å². The van der Waals surface area contributed by atoms with Gasteiger partial charge in [0.15, 0.2) is 0 Å². The Hall–Kier alpha value is -1.06. The lowest BCUT2D eigenvalue weighted by atomic mass is 9.66. The van der Waals surface area contributed by atoms with E-state index in [2.05, 4.69) is 20.8 Å². The molecule has 0 bridgehead atoms. The molecular formula is C15H26O4. The molecule has 0 heterocycles. The third kappa shape index (κ3) is 4.22. The predicted octanol–water partition coefficient (Wildman–Crippen LogP) is 3.25. The number of aliphatic carboxylic acids is 1. The highest BCUT2D eigenvalue weighted by Crippen LogP contribution is 2.44. The molecule has 110 valence electrons. The molecule has 0 spiro atoms. The Kier molecular flexibility index (Phi) is 4.64. The van der Waals surface area contributed by atoms with Crippen LogP contribution in [-0.4, -0.2) is 22.6 Å². The van der Waals surface area contributed by atoms with Crippen LogP contribution >= 0.6 is 0 Å². The second kappa shape index (κ2) is 5.51. The van der Waals surface area contributed by atoms with Gasteiger partial charge in [-0.05, 0) is 43.9 Å². The Morgan fingerprint density at radius 3 is 2.42 bits per heavy atom. The van der Waals surface area contributed by atoms with Gasteiger partial charge in [-0.2, -0.15) is 0 Å². The first-order valence-electron chi connectivity index (χ1n) is 7.01. The van der Waals surface area contributed by atoms with Crippen LogP contribution in [0.15, 0.2) is 0 Å². The minimum Gasteiger partial charge on any atom is -0.473 e. The number of carbonyl (C=O) groups is 2. The zero-order valence-corrected chi connectivity index (χ0v) is 12.7. The molecule has 0 aliphatic heterocycles. The average molecular weight is 270 g/mol. The van der Waals surface area contributed by atoms with Crippen LogP contribution in [-0.2, 0) is 14.3 Å². The van der Waals surface area contributed by atoms with Crippen molar-refractivity contribution >= 4 is 11.9 Å². The third-order valence-corrected chi connectivity index (χ3v) is 4.58. The van der Waals surface area contributed by atoms with E-state index >= 15 is 0 Å². The topological polar surface area (TPSA) is 63.6 Å². The van der Waals surface area contributed by atoms with Crippen LogP contribution in [0.1, 0.15) is 60.3 Å². The zero-order valence-electron chi connectivity index (χ0n) is 12.7. The molecule has 1 saturated carbocycles. The van der Waals surface area contributed by atoms with Crippen LogP contribution < -0.4 is 0 Å². The van der Waals surface area contributed by atoms with Gasteiger partial charge >= 0.3 is 11.9 Å². The van der Waals surface area contributed by atoms with Crippen LogP contribution in [0.3, 0.4) is 0 Å². The Labute approximate surface area is 115 Å². The smallest absolute Gasteiger partial charge is 0.417 e. The normalized spacial score (nSPS) is 24.6. The van der Waals surface area contributed by atoms with Crippen molar-refractivity contribution in [1.29, 1.82) is 0 Å². The minimum absolute atomic E-state index is 0.148. The molecule has 2 atom stereocenters. The minimum atomic E-state index is -1.52. The highest BCUT2D eigenvalue weighted by molar-refractivity contribution is 6.28. The van der Waals surface area contributed by atoms with E-state index in [1.165, 1.54) is 12.8 Å². The molecular weight excluding hydrogens is 244 g/mol. The lowest BCUT2D eigenvalue weighted by Crippen LogP contribution is -2.42. The summed E-state index contributed by atoms with van der Waals surface area (Å²) < 4.78 is 5.14. The molecule has 1 N–H and O–H groups in total. The van der Waals surface area contributed by atoms with Crippen molar-refractivity contribution in [1.82, 2.24) is 0 Å². The summed E-state index contributed by atoms with van der Waals surface area (Å²) in [6.07, 6.45) is 4.64. The van der Waals surface area contributed by atoms with E-state index in [0.717, 1.165) is 12.8 Å². The van der Waals surface area contributed by atoms with Gasteiger partial charge in [0.2, 0.25) is 0 Å². The number of carboxylic acid groups (broad SMARTS) is 1. The van der Waals surface area contributed by atoms with Crippen molar-refractivity contribution in [2.24, 2.45) is 17.3 Å². The molecule has 1 aliphatic carbocycles. The van der Waals surface area contributed by atoms with Gasteiger partial charge in [0, 0.05) is 0 Å². The fourth-order valence-corrected chi connectivity index (χ4v) is 3.13. The molecule has 1 aliphatic rings. The zero-order chi connectivity index (χ0) is 14.8. The van der Waals surface area contributed by atoms with Crippen LogP contribution in [0.5, 0.6) is 0 Å². The Bertz CT molecular complexity index is 357. The van der Waals surface area contributed by atoms with Crippen molar-refractivity contribution in [3.8, 4) is 0 Å². The summed E-state index contributed by atoms with van der Waals surface area (Å²) in [5.74, 6) is -2.06. The molecule has 4 nitrogen and oxygen atoms in total. The maximum Gasteiger partial charge on any atom is 0.417 e. The first kappa shape index (κ1) is 16.0. The highest BCUT2D eigenvalue weighted by atomic mass is 16.6. The summed E-state index contributed by atoms with van der Waals surface area (Å²) in [4.78, 5) is 21.9. The highest BCUT2D eigenvalue weighted by Gasteiger charge is 2.40. The van der Waals surface area contributed by atoms with Gasteiger partial charge in [-0.3, -0.25) is 0 Å². The van der Waals surface area contributed by atoms with Crippen LogP contribution in [0, 0.1) is 17.3 Å². The van der Waals surface area contributed by atoms with E-state index in [1.807, 2.05) is 0 Å². The fourth-order valence-electron chi connectivity index (χ4n) is 3.13. The van der Waals surface area contributed by atoms with E-state index in [0.29, 0.717) is 11.3 Å². The van der Waals surface area contributed by atoms with Crippen molar-refractivity contribution in [2.45, 2.75) is 65.9 Å². The van der Waals surface area contributed by atoms with Gasteiger partial charge in [-0.1, -0.05) is 33.6 Å². The lowest BCUT2D eigenvalue weighted by Gasteiger charge is -2.43. The molecule has 4 heteroatoms. The van der Waals surface area contributed by atoms with E-state index in [1.54, 1.807) is 13.8 Å². The van der Waals surface area contributed by atoms with Crippen molar-refractivity contribution in [2.75, 3.05) is 0 Å². The molecule has 0 amide bonds. The SMILES string of the molecule is CC(C1CCCC(C)(C)C1)C(C)(C)OC(=O)C(=O)O. The number of rotatable bonds is 3. The Balaban J connectivity index is 2.72. The van der Waals surface area contributed by atoms with E-state index in [4.69, 9.17) is 9.84 Å². The fraction of sp³-hybridized carbons (Fsp3) is 0.867. The van der Waals surface area contributed by atoms with Gasteiger partial charge in [0.25, 0.3) is 0 Å². The summed E-state index contributed by atoms with van der Waals surface area (Å²) in [5.41, 5.74) is -0.419. The van der Waals surface area contributed by atoms with Crippen molar-refractivity contribution in [3.05, 3.63) is 0 Å². The lowest BCUT2D eigenvalue weighted by molar-refractivity contribution is -0.177. The summed E-state index contributed by atoms with van der Waals surface area (Å²) in [6, 6.07) is 0. The molecule has 19 heavy (non-hydrogen) atoms. The molecule has 0 aromatic heterocycles. The summed E-state index contributed by atoms with van der Waals surface area (Å²) >= 11 is 0. The van der Waals surface area contributed by atoms with Gasteiger partial charge in [0.1, 0.15) is 5.60 Å². The van der Waals surface area contributed by atoms with Gasteiger partial charge in [0.05, 0.1) is 0 Å². The summed E-state index contributed by atoms with van der Waals surface area (Å²) in [6.45, 7) is 10.2. The van der Waals surface area contributed by atoms with E-state index in [-0.39, 0.29) is 5.92 Å². The average Bonchev–Trinajstić information content (AvgIpc) is 2.25. The molecule has 0 aromatic rings. The van der Waals surface area contributed by atoms with Crippen LogP contribution in [0.4, 0.5) is 0 Å². The standard InChI is InChI=1S/C15H26O4/c1-10(11-7-6-8-14(2,3)9-11)15(4,5)19-13(18)12(16)17/h10-11H,6-9H2,1-5H3,(H,16,17). The number of hydrogen-bond donors (Lipinski definition) is 1. The molecule has 0 aromatic carbocycles. The summed E-state index contributed by atoms with van der Waals surface area (Å²) in [5, 5.41) is 8.65. The molecule has 0 radical (unpaired) electrons. The maximum absolute atomic E-state index is 11.3. The molecule has 1 fully saturated rings. The number of ether oxygens (including phenoxy) is 1. The number of hydrogen-bond acceptors (Lipinski definition) is 3. The van der Waals surface area contributed by atoms with Crippen LogP contribution in [0.25, 0.3) is 0 Å². The van der Waals surface area contributed by atoms with Gasteiger partial charge in [-0.15, -0.1) is 0 Å². The third-order valence-electron chi connectivity index (χ3n) is 4.58.